The first-order valence-corrected chi connectivity index (χ1v) is 19.6. The van der Waals surface area contributed by atoms with Crippen LogP contribution >= 0.6 is 23.2 Å². The molecule has 0 radical (unpaired) electrons. The summed E-state index contributed by atoms with van der Waals surface area (Å²) in [6.45, 7) is 6.58. The molecular weight excluding hydrogens is 723 g/mol. The molecule has 4 aliphatic heterocycles. The molecule has 2 amide bonds. The quantitative estimate of drug-likeness (QED) is 0.187. The van der Waals surface area contributed by atoms with Gasteiger partial charge in [0.1, 0.15) is 0 Å². The zero-order valence-corrected chi connectivity index (χ0v) is 32.4. The van der Waals surface area contributed by atoms with Crippen molar-refractivity contribution < 1.29 is 19.1 Å². The van der Waals surface area contributed by atoms with E-state index < -0.39 is 0 Å². The standard InChI is InChI=1S/C42H46Cl2N6O4/c1-53-39-27(21-49-17-5-15-41(25-49)19-35(51)45-23-41)11-13-33(47-39)31-9-3-7-29(37(31)43)30-8-4-10-32(38(30)44)34-14-12-28(40(48-34)54-2)22-50-18-6-16-42(26-50)20-36(52)46-24-42/h3-4,7-14H,5-6,15-26H2,1-2H3,(H,45,51)(H,46,52)/t41-,42?/m0/s1. The molecule has 4 aromatic rings. The fourth-order valence-electron chi connectivity index (χ4n) is 9.16. The first-order chi connectivity index (χ1) is 26.2. The molecule has 2 aromatic carbocycles. The molecule has 1 unspecified atom stereocenters. The van der Waals surface area contributed by atoms with Crippen LogP contribution in [-0.4, -0.2) is 85.1 Å². The summed E-state index contributed by atoms with van der Waals surface area (Å²) in [6, 6.07) is 19.9. The number of halogens is 2. The Morgan fingerprint density at radius 1 is 0.648 bits per heavy atom. The number of pyridine rings is 2. The number of likely N-dealkylation sites (tertiary alicyclic amines) is 2. The number of carbonyl (C=O) groups excluding carboxylic acids is 2. The lowest BCUT2D eigenvalue weighted by molar-refractivity contribution is -0.120. The van der Waals surface area contributed by atoms with Gasteiger partial charge in [0.25, 0.3) is 0 Å². The van der Waals surface area contributed by atoms with Gasteiger partial charge in [0.2, 0.25) is 23.6 Å². The highest BCUT2D eigenvalue weighted by Gasteiger charge is 2.43. The summed E-state index contributed by atoms with van der Waals surface area (Å²) < 4.78 is 11.6. The van der Waals surface area contributed by atoms with E-state index in [1.807, 2.05) is 48.5 Å². The molecule has 10 nitrogen and oxygen atoms in total. The molecule has 4 fully saturated rings. The number of hydrogen-bond acceptors (Lipinski definition) is 8. The van der Waals surface area contributed by atoms with Gasteiger partial charge in [-0.15, -0.1) is 0 Å². The van der Waals surface area contributed by atoms with Crippen molar-refractivity contribution in [1.82, 2.24) is 30.4 Å². The summed E-state index contributed by atoms with van der Waals surface area (Å²) in [7, 11) is 3.29. The van der Waals surface area contributed by atoms with Crippen molar-refractivity contribution >= 4 is 35.0 Å². The molecule has 282 valence electrons. The molecule has 4 aliphatic rings. The Kier molecular flexibility index (Phi) is 10.3. The fraction of sp³-hybridized carbons (Fsp3) is 0.429. The Bertz CT molecular complexity index is 1950. The predicted molar refractivity (Wildman–Crippen MR) is 211 cm³/mol. The van der Waals surface area contributed by atoms with Crippen molar-refractivity contribution in [2.75, 3.05) is 53.5 Å². The van der Waals surface area contributed by atoms with Crippen LogP contribution in [0.15, 0.2) is 60.7 Å². The largest absolute Gasteiger partial charge is 0.481 e. The summed E-state index contributed by atoms with van der Waals surface area (Å²) in [6.07, 6.45) is 5.45. The summed E-state index contributed by atoms with van der Waals surface area (Å²) in [4.78, 5) is 38.7. The number of nitrogens with zero attached hydrogens (tertiary/aromatic N) is 4. The maximum absolute atomic E-state index is 12.0. The summed E-state index contributed by atoms with van der Waals surface area (Å²) in [5.74, 6) is 1.42. The average Bonchev–Trinajstić information content (AvgIpc) is 3.71. The van der Waals surface area contributed by atoms with Gasteiger partial charge in [-0.25, -0.2) is 9.97 Å². The number of nitrogens with one attached hydrogen (secondary N) is 2. The third-order valence-electron chi connectivity index (χ3n) is 11.8. The Labute approximate surface area is 326 Å². The van der Waals surface area contributed by atoms with Crippen LogP contribution in [0.1, 0.15) is 49.7 Å². The highest BCUT2D eigenvalue weighted by molar-refractivity contribution is 6.39. The average molecular weight is 770 g/mol. The molecule has 6 heterocycles. The number of carbonyl (C=O) groups is 2. The zero-order chi connectivity index (χ0) is 37.5. The molecule has 2 aromatic heterocycles. The van der Waals surface area contributed by atoms with Crippen molar-refractivity contribution in [3.05, 3.63) is 81.8 Å². The van der Waals surface area contributed by atoms with Crippen LogP contribution in [0.25, 0.3) is 33.6 Å². The minimum Gasteiger partial charge on any atom is -0.481 e. The molecule has 2 spiro atoms. The van der Waals surface area contributed by atoms with Crippen LogP contribution in [0, 0.1) is 10.8 Å². The van der Waals surface area contributed by atoms with Gasteiger partial charge in [-0.05, 0) is 50.9 Å². The minimum atomic E-state index is 0.0162. The fourth-order valence-corrected chi connectivity index (χ4v) is 9.81. The number of methoxy groups -OCH3 is 2. The predicted octanol–water partition coefficient (Wildman–Crippen LogP) is 7.01. The van der Waals surface area contributed by atoms with E-state index in [0.29, 0.717) is 59.1 Å². The van der Waals surface area contributed by atoms with E-state index in [4.69, 9.17) is 42.6 Å². The Morgan fingerprint density at radius 2 is 1.07 bits per heavy atom. The Hall–Kier alpha value is -4.22. The monoisotopic (exact) mass is 768 g/mol. The molecule has 4 saturated heterocycles. The number of rotatable bonds is 9. The molecule has 2 atom stereocenters. The van der Waals surface area contributed by atoms with E-state index in [2.05, 4.69) is 32.6 Å². The van der Waals surface area contributed by atoms with Crippen LogP contribution in [0.5, 0.6) is 11.8 Å². The van der Waals surface area contributed by atoms with Crippen LogP contribution in [0.3, 0.4) is 0 Å². The lowest BCUT2D eigenvalue weighted by Crippen LogP contribution is -2.44. The molecular formula is C42H46Cl2N6O4. The normalized spacial score (nSPS) is 23.2. The Balaban J connectivity index is 1.02. The molecule has 8 rings (SSSR count). The highest BCUT2D eigenvalue weighted by atomic mass is 35.5. The first kappa shape index (κ1) is 36.7. The number of amides is 2. The van der Waals surface area contributed by atoms with E-state index in [1.165, 1.54) is 0 Å². The molecule has 0 bridgehead atoms. The SMILES string of the molecule is COc1nc(-c2cccc(-c3cccc(-c4ccc(CN5CCC[C@]6(CNC(=O)C6)C5)c(OC)n4)c3Cl)c2Cl)ccc1CN1CCCC2(CNC(=O)C2)C1. The molecule has 2 N–H and O–H groups in total. The third-order valence-corrected chi connectivity index (χ3v) is 12.6. The molecule has 0 saturated carbocycles. The maximum Gasteiger partial charge on any atom is 0.220 e. The van der Waals surface area contributed by atoms with Crippen molar-refractivity contribution in [2.24, 2.45) is 10.8 Å². The van der Waals surface area contributed by atoms with E-state index >= 15 is 0 Å². The van der Waals surface area contributed by atoms with E-state index in [0.717, 1.165) is 98.3 Å². The number of benzene rings is 2. The zero-order valence-electron chi connectivity index (χ0n) is 30.9. The smallest absolute Gasteiger partial charge is 0.220 e. The number of hydrogen-bond donors (Lipinski definition) is 2. The van der Waals surface area contributed by atoms with Crippen molar-refractivity contribution in [3.8, 4) is 45.4 Å². The maximum atomic E-state index is 12.0. The highest BCUT2D eigenvalue weighted by Crippen LogP contribution is 2.43. The number of aromatic nitrogens is 2. The van der Waals surface area contributed by atoms with Gasteiger partial charge < -0.3 is 20.1 Å². The van der Waals surface area contributed by atoms with E-state index in [-0.39, 0.29) is 22.6 Å². The van der Waals surface area contributed by atoms with Crippen LogP contribution in [-0.2, 0) is 22.7 Å². The minimum absolute atomic E-state index is 0.0162. The van der Waals surface area contributed by atoms with Crippen molar-refractivity contribution in [2.45, 2.75) is 51.6 Å². The molecule has 54 heavy (non-hydrogen) atoms. The second kappa shape index (κ2) is 15.1. The Morgan fingerprint density at radius 3 is 1.46 bits per heavy atom. The van der Waals surface area contributed by atoms with Gasteiger partial charge in [0.05, 0.1) is 35.7 Å². The van der Waals surface area contributed by atoms with Gasteiger partial charge >= 0.3 is 0 Å². The topological polar surface area (TPSA) is 109 Å². The van der Waals surface area contributed by atoms with Gasteiger partial charge in [-0.1, -0.05) is 71.7 Å². The number of ether oxygens (including phenoxy) is 2. The van der Waals surface area contributed by atoms with Gasteiger partial charge in [0, 0.05) is 96.3 Å². The lowest BCUT2D eigenvalue weighted by Gasteiger charge is -2.39. The summed E-state index contributed by atoms with van der Waals surface area (Å²) in [5.41, 5.74) is 6.54. The van der Waals surface area contributed by atoms with Crippen LogP contribution < -0.4 is 20.1 Å². The molecule has 0 aliphatic carbocycles. The van der Waals surface area contributed by atoms with Crippen LogP contribution in [0.4, 0.5) is 0 Å². The van der Waals surface area contributed by atoms with E-state index in [1.54, 1.807) is 14.2 Å². The number of piperidine rings is 2. The summed E-state index contributed by atoms with van der Waals surface area (Å²) in [5, 5.41) is 7.14. The van der Waals surface area contributed by atoms with Crippen molar-refractivity contribution in [1.29, 1.82) is 0 Å². The van der Waals surface area contributed by atoms with E-state index in [9.17, 15) is 9.59 Å². The van der Waals surface area contributed by atoms with Crippen LogP contribution in [0.2, 0.25) is 10.0 Å². The molecule has 12 heteroatoms. The van der Waals surface area contributed by atoms with Gasteiger partial charge in [-0.2, -0.15) is 0 Å². The summed E-state index contributed by atoms with van der Waals surface area (Å²) >= 11 is 14.4. The third kappa shape index (κ3) is 7.29. The van der Waals surface area contributed by atoms with Crippen molar-refractivity contribution in [3.63, 3.8) is 0 Å². The lowest BCUT2D eigenvalue weighted by atomic mass is 9.79. The second-order valence-electron chi connectivity index (χ2n) is 15.6. The second-order valence-corrected chi connectivity index (χ2v) is 16.4. The van der Waals surface area contributed by atoms with Gasteiger partial charge in [0.15, 0.2) is 0 Å². The van der Waals surface area contributed by atoms with Gasteiger partial charge in [-0.3, -0.25) is 19.4 Å². The first-order valence-electron chi connectivity index (χ1n) is 18.8.